The Labute approximate surface area is 95.8 Å². The van der Waals surface area contributed by atoms with Crippen LogP contribution in [0.3, 0.4) is 0 Å². The molecule has 0 aliphatic rings. The third-order valence-electron chi connectivity index (χ3n) is 2.09. The molecule has 4 heteroatoms. The monoisotopic (exact) mass is 228 g/mol. The van der Waals surface area contributed by atoms with Gasteiger partial charge in [0.05, 0.1) is 6.10 Å². The van der Waals surface area contributed by atoms with Gasteiger partial charge in [-0.1, -0.05) is 25.4 Å². The maximum atomic E-state index is 5.87. The second-order valence-corrected chi connectivity index (χ2v) is 4.51. The number of rotatable bonds is 4. The SMILES string of the molecule is Cc1c(Cl)ncnc1OC(C)CC(C)C. The first-order valence-corrected chi connectivity index (χ1v) is 5.52. The quantitative estimate of drug-likeness (QED) is 0.742. The smallest absolute Gasteiger partial charge is 0.221 e. The summed E-state index contributed by atoms with van der Waals surface area (Å²) >= 11 is 5.87. The zero-order valence-corrected chi connectivity index (χ0v) is 10.4. The summed E-state index contributed by atoms with van der Waals surface area (Å²) in [5.74, 6) is 1.20. The van der Waals surface area contributed by atoms with Gasteiger partial charge in [-0.05, 0) is 26.2 Å². The fourth-order valence-electron chi connectivity index (χ4n) is 1.44. The van der Waals surface area contributed by atoms with Crippen LogP contribution in [-0.4, -0.2) is 16.1 Å². The Bertz CT molecular complexity index is 328. The predicted octanol–water partition coefficient (Wildman–Crippen LogP) is 3.25. The van der Waals surface area contributed by atoms with E-state index in [2.05, 4.69) is 23.8 Å². The van der Waals surface area contributed by atoms with E-state index in [0.717, 1.165) is 12.0 Å². The van der Waals surface area contributed by atoms with E-state index in [4.69, 9.17) is 16.3 Å². The number of aromatic nitrogens is 2. The topological polar surface area (TPSA) is 35.0 Å². The molecule has 0 saturated heterocycles. The third-order valence-corrected chi connectivity index (χ3v) is 2.47. The van der Waals surface area contributed by atoms with Crippen LogP contribution < -0.4 is 4.74 Å². The molecule has 0 fully saturated rings. The average molecular weight is 229 g/mol. The van der Waals surface area contributed by atoms with Gasteiger partial charge in [-0.25, -0.2) is 9.97 Å². The van der Waals surface area contributed by atoms with Crippen LogP contribution in [-0.2, 0) is 0 Å². The van der Waals surface area contributed by atoms with Crippen LogP contribution >= 0.6 is 11.6 Å². The molecular formula is C11H17ClN2O. The van der Waals surface area contributed by atoms with Gasteiger partial charge in [0.2, 0.25) is 5.88 Å². The van der Waals surface area contributed by atoms with Gasteiger partial charge in [0.25, 0.3) is 0 Å². The van der Waals surface area contributed by atoms with Crippen molar-refractivity contribution in [2.75, 3.05) is 0 Å². The summed E-state index contributed by atoms with van der Waals surface area (Å²) in [7, 11) is 0. The van der Waals surface area contributed by atoms with Gasteiger partial charge in [-0.3, -0.25) is 0 Å². The third kappa shape index (κ3) is 3.67. The molecule has 1 atom stereocenters. The highest BCUT2D eigenvalue weighted by Crippen LogP contribution is 2.22. The van der Waals surface area contributed by atoms with E-state index < -0.39 is 0 Å². The van der Waals surface area contributed by atoms with E-state index in [1.807, 2.05) is 13.8 Å². The summed E-state index contributed by atoms with van der Waals surface area (Å²) in [6, 6.07) is 0. The molecule has 0 amide bonds. The van der Waals surface area contributed by atoms with Crippen LogP contribution in [0.2, 0.25) is 5.15 Å². The van der Waals surface area contributed by atoms with Crippen molar-refractivity contribution in [2.24, 2.45) is 5.92 Å². The Hall–Kier alpha value is -0.830. The van der Waals surface area contributed by atoms with Crippen molar-refractivity contribution < 1.29 is 4.74 Å². The number of hydrogen-bond donors (Lipinski definition) is 0. The lowest BCUT2D eigenvalue weighted by Crippen LogP contribution is -2.16. The van der Waals surface area contributed by atoms with Crippen LogP contribution in [0, 0.1) is 12.8 Å². The minimum atomic E-state index is 0.148. The Kier molecular flexibility index (Phi) is 4.33. The molecule has 0 aliphatic carbocycles. The lowest BCUT2D eigenvalue weighted by Gasteiger charge is -2.16. The molecule has 0 aliphatic heterocycles. The standard InChI is InChI=1S/C11H17ClN2O/c1-7(2)5-8(3)15-11-9(4)10(12)13-6-14-11/h6-8H,5H2,1-4H3. The van der Waals surface area contributed by atoms with E-state index in [1.165, 1.54) is 6.33 Å². The second kappa shape index (κ2) is 5.31. The Morgan fingerprint density at radius 2 is 2.00 bits per heavy atom. The fraction of sp³-hybridized carbons (Fsp3) is 0.636. The van der Waals surface area contributed by atoms with Crippen molar-refractivity contribution in [3.63, 3.8) is 0 Å². The van der Waals surface area contributed by atoms with Crippen LogP contribution in [0.5, 0.6) is 5.88 Å². The van der Waals surface area contributed by atoms with E-state index >= 15 is 0 Å². The molecule has 84 valence electrons. The van der Waals surface area contributed by atoms with Gasteiger partial charge in [0.15, 0.2) is 0 Å². The summed E-state index contributed by atoms with van der Waals surface area (Å²) in [5.41, 5.74) is 0.801. The van der Waals surface area contributed by atoms with Crippen molar-refractivity contribution in [3.05, 3.63) is 17.0 Å². The molecule has 1 unspecified atom stereocenters. The molecule has 1 rings (SSSR count). The van der Waals surface area contributed by atoms with Gasteiger partial charge in [0, 0.05) is 5.56 Å². The summed E-state index contributed by atoms with van der Waals surface area (Å²) in [4.78, 5) is 7.95. The summed E-state index contributed by atoms with van der Waals surface area (Å²) < 4.78 is 5.70. The van der Waals surface area contributed by atoms with Gasteiger partial charge in [-0.2, -0.15) is 0 Å². The molecule has 1 heterocycles. The highest BCUT2D eigenvalue weighted by molar-refractivity contribution is 6.30. The first-order valence-electron chi connectivity index (χ1n) is 5.14. The molecule has 0 N–H and O–H groups in total. The highest BCUT2D eigenvalue weighted by Gasteiger charge is 2.11. The fourth-order valence-corrected chi connectivity index (χ4v) is 1.56. The first kappa shape index (κ1) is 12.2. The van der Waals surface area contributed by atoms with Crippen molar-refractivity contribution in [3.8, 4) is 5.88 Å². The zero-order chi connectivity index (χ0) is 11.4. The summed E-state index contributed by atoms with van der Waals surface area (Å²) in [6.07, 6.45) is 2.57. The predicted molar refractivity (Wildman–Crippen MR) is 61.3 cm³/mol. The Morgan fingerprint density at radius 3 is 2.60 bits per heavy atom. The molecular weight excluding hydrogens is 212 g/mol. The lowest BCUT2D eigenvalue weighted by molar-refractivity contribution is 0.184. The molecule has 0 radical (unpaired) electrons. The molecule has 0 bridgehead atoms. The molecule has 0 aromatic carbocycles. The minimum absolute atomic E-state index is 0.148. The molecule has 3 nitrogen and oxygen atoms in total. The van der Waals surface area contributed by atoms with Crippen LogP contribution in [0.25, 0.3) is 0 Å². The largest absolute Gasteiger partial charge is 0.474 e. The van der Waals surface area contributed by atoms with E-state index in [1.54, 1.807) is 0 Å². The molecule has 1 aromatic heterocycles. The minimum Gasteiger partial charge on any atom is -0.474 e. The normalized spacial score (nSPS) is 12.9. The van der Waals surface area contributed by atoms with Gasteiger partial charge in [-0.15, -0.1) is 0 Å². The van der Waals surface area contributed by atoms with E-state index in [0.29, 0.717) is 17.0 Å². The highest BCUT2D eigenvalue weighted by atomic mass is 35.5. The molecule has 15 heavy (non-hydrogen) atoms. The number of hydrogen-bond acceptors (Lipinski definition) is 3. The maximum absolute atomic E-state index is 5.87. The van der Waals surface area contributed by atoms with Crippen molar-refractivity contribution in [1.82, 2.24) is 9.97 Å². The second-order valence-electron chi connectivity index (χ2n) is 4.15. The van der Waals surface area contributed by atoms with Crippen molar-refractivity contribution in [1.29, 1.82) is 0 Å². The summed E-state index contributed by atoms with van der Waals surface area (Å²) in [6.45, 7) is 8.23. The maximum Gasteiger partial charge on any atom is 0.221 e. The van der Waals surface area contributed by atoms with Crippen LogP contribution in [0.1, 0.15) is 32.8 Å². The molecule has 0 saturated carbocycles. The lowest BCUT2D eigenvalue weighted by atomic mass is 10.1. The van der Waals surface area contributed by atoms with Crippen LogP contribution in [0.15, 0.2) is 6.33 Å². The van der Waals surface area contributed by atoms with Gasteiger partial charge in [0.1, 0.15) is 11.5 Å². The van der Waals surface area contributed by atoms with E-state index in [9.17, 15) is 0 Å². The Balaban J connectivity index is 2.68. The number of ether oxygens (including phenoxy) is 1. The van der Waals surface area contributed by atoms with Crippen molar-refractivity contribution in [2.45, 2.75) is 40.2 Å². The van der Waals surface area contributed by atoms with Crippen LogP contribution in [0.4, 0.5) is 0 Å². The van der Waals surface area contributed by atoms with Gasteiger partial charge < -0.3 is 4.74 Å². The molecule has 1 aromatic rings. The van der Waals surface area contributed by atoms with Gasteiger partial charge >= 0.3 is 0 Å². The molecule has 0 spiro atoms. The number of nitrogens with zero attached hydrogens (tertiary/aromatic N) is 2. The zero-order valence-electron chi connectivity index (χ0n) is 9.62. The number of halogens is 1. The Morgan fingerprint density at radius 1 is 1.33 bits per heavy atom. The van der Waals surface area contributed by atoms with Crippen molar-refractivity contribution >= 4 is 11.6 Å². The average Bonchev–Trinajstić information content (AvgIpc) is 2.11. The van der Waals surface area contributed by atoms with E-state index in [-0.39, 0.29) is 6.10 Å². The first-order chi connectivity index (χ1) is 7.00. The summed E-state index contributed by atoms with van der Waals surface area (Å²) in [5, 5.41) is 0.455.